The molecule has 0 bridgehead atoms. The Bertz CT molecular complexity index is 497. The highest BCUT2D eigenvalue weighted by Crippen LogP contribution is 2.20. The first kappa shape index (κ1) is 16.9. The molecule has 0 aliphatic carbocycles. The molecular formula is C13H23IN6S. The first-order valence-electron chi connectivity index (χ1n) is 7.25. The molecule has 0 saturated carbocycles. The Labute approximate surface area is 147 Å². The fraction of sp³-hybridized carbons (Fsp3) is 0.769. The van der Waals surface area contributed by atoms with E-state index in [1.165, 1.54) is 0 Å². The molecule has 2 N–H and O–H groups in total. The molecule has 1 unspecified atom stereocenters. The van der Waals surface area contributed by atoms with Crippen LogP contribution in [-0.4, -0.2) is 56.8 Å². The Hall–Kier alpha value is -0.510. The molecule has 2 aliphatic heterocycles. The summed E-state index contributed by atoms with van der Waals surface area (Å²) in [7, 11) is 0. The largest absolute Gasteiger partial charge is 0.370 e. The average molecular weight is 422 g/mol. The van der Waals surface area contributed by atoms with Gasteiger partial charge in [0.2, 0.25) is 0 Å². The summed E-state index contributed by atoms with van der Waals surface area (Å²) >= 11 is 1.99. The molecular weight excluding hydrogens is 399 g/mol. The van der Waals surface area contributed by atoms with Crippen LogP contribution in [-0.2, 0) is 13.0 Å². The maximum atomic E-state index is 6.11. The van der Waals surface area contributed by atoms with E-state index in [0.717, 1.165) is 68.1 Å². The summed E-state index contributed by atoms with van der Waals surface area (Å²) in [6.45, 7) is 5.86. The van der Waals surface area contributed by atoms with Gasteiger partial charge in [0.25, 0.3) is 0 Å². The third kappa shape index (κ3) is 4.02. The molecule has 21 heavy (non-hydrogen) atoms. The molecule has 1 aromatic rings. The molecule has 0 aromatic carbocycles. The van der Waals surface area contributed by atoms with Crippen molar-refractivity contribution < 1.29 is 0 Å². The first-order chi connectivity index (χ1) is 9.74. The van der Waals surface area contributed by atoms with Crippen LogP contribution in [0.4, 0.5) is 0 Å². The van der Waals surface area contributed by atoms with Crippen LogP contribution < -0.4 is 5.73 Å². The summed E-state index contributed by atoms with van der Waals surface area (Å²) in [5.41, 5.74) is 6.11. The van der Waals surface area contributed by atoms with Gasteiger partial charge in [0.1, 0.15) is 11.6 Å². The number of fused-ring (bicyclic) bond motifs is 1. The van der Waals surface area contributed by atoms with Crippen molar-refractivity contribution in [3.63, 3.8) is 0 Å². The number of hydrogen-bond donors (Lipinski definition) is 1. The predicted octanol–water partition coefficient (Wildman–Crippen LogP) is 1.13. The van der Waals surface area contributed by atoms with E-state index in [1.807, 2.05) is 18.7 Å². The van der Waals surface area contributed by atoms with Gasteiger partial charge in [-0.1, -0.05) is 0 Å². The van der Waals surface area contributed by atoms with Crippen molar-refractivity contribution in [1.82, 2.24) is 19.7 Å². The van der Waals surface area contributed by atoms with Crippen molar-refractivity contribution in [3.8, 4) is 0 Å². The lowest BCUT2D eigenvalue weighted by atomic mass is 9.99. The summed E-state index contributed by atoms with van der Waals surface area (Å²) in [6.07, 6.45) is 2.13. The zero-order valence-corrected chi connectivity index (χ0v) is 15.5. The molecule has 6 nitrogen and oxygen atoms in total. The van der Waals surface area contributed by atoms with E-state index < -0.39 is 0 Å². The summed E-state index contributed by atoms with van der Waals surface area (Å²) in [6, 6.07) is 0. The molecule has 0 amide bonds. The van der Waals surface area contributed by atoms with Gasteiger partial charge in [-0.15, -0.1) is 34.2 Å². The molecule has 1 fully saturated rings. The smallest absolute Gasteiger partial charge is 0.191 e. The lowest BCUT2D eigenvalue weighted by Gasteiger charge is -2.28. The van der Waals surface area contributed by atoms with Crippen LogP contribution in [0, 0.1) is 12.8 Å². The molecule has 0 radical (unpaired) electrons. The second-order valence-corrected chi connectivity index (χ2v) is 6.70. The van der Waals surface area contributed by atoms with Gasteiger partial charge in [-0.2, -0.15) is 11.8 Å². The Morgan fingerprint density at radius 2 is 2.14 bits per heavy atom. The third-order valence-electron chi connectivity index (χ3n) is 4.08. The topological polar surface area (TPSA) is 72.3 Å². The lowest BCUT2D eigenvalue weighted by molar-refractivity contribution is 0.366. The van der Waals surface area contributed by atoms with E-state index in [9.17, 15) is 0 Å². The Balaban J connectivity index is 0.00000161. The van der Waals surface area contributed by atoms with E-state index >= 15 is 0 Å². The minimum Gasteiger partial charge on any atom is -0.370 e. The molecule has 3 heterocycles. The number of thioether (sulfide) groups is 1. The number of aryl methyl sites for hydroxylation is 2. The van der Waals surface area contributed by atoms with E-state index in [1.54, 1.807) is 0 Å². The maximum Gasteiger partial charge on any atom is 0.191 e. The average Bonchev–Trinajstić information content (AvgIpc) is 2.87. The van der Waals surface area contributed by atoms with Crippen molar-refractivity contribution in [1.29, 1.82) is 0 Å². The van der Waals surface area contributed by atoms with Gasteiger partial charge < -0.3 is 15.2 Å². The Morgan fingerprint density at radius 1 is 1.38 bits per heavy atom. The van der Waals surface area contributed by atoms with Crippen LogP contribution in [0.2, 0.25) is 0 Å². The second-order valence-electron chi connectivity index (χ2n) is 5.48. The fourth-order valence-corrected chi connectivity index (χ4v) is 3.70. The minimum absolute atomic E-state index is 0. The summed E-state index contributed by atoms with van der Waals surface area (Å²) in [4.78, 5) is 6.82. The monoisotopic (exact) mass is 422 g/mol. The van der Waals surface area contributed by atoms with Crippen molar-refractivity contribution in [2.24, 2.45) is 16.6 Å². The SMILES string of the molecule is Cc1nnc2n1CC(CN=C(N)N1CCSCC1)CC2.I. The number of hydrogen-bond acceptors (Lipinski definition) is 4. The standard InChI is InChI=1S/C13H22N6S.HI/c1-10-16-17-12-3-2-11(9-19(10)12)8-15-13(14)18-4-6-20-7-5-18;/h11H,2-9H2,1H3,(H2,14,15);1H. The maximum absolute atomic E-state index is 6.11. The number of aliphatic imine (C=N–C) groups is 1. The number of aromatic nitrogens is 3. The molecule has 8 heteroatoms. The van der Waals surface area contributed by atoms with Gasteiger partial charge in [-0.3, -0.25) is 4.99 Å². The number of nitrogens with zero attached hydrogens (tertiary/aromatic N) is 5. The highest BCUT2D eigenvalue weighted by molar-refractivity contribution is 14.0. The van der Waals surface area contributed by atoms with Crippen molar-refractivity contribution in [2.75, 3.05) is 31.1 Å². The number of rotatable bonds is 2. The van der Waals surface area contributed by atoms with Gasteiger partial charge in [0.15, 0.2) is 5.96 Å². The highest BCUT2D eigenvalue weighted by Gasteiger charge is 2.21. The van der Waals surface area contributed by atoms with E-state index in [0.29, 0.717) is 5.92 Å². The van der Waals surface area contributed by atoms with Crippen LogP contribution in [0.25, 0.3) is 0 Å². The Morgan fingerprint density at radius 3 is 2.90 bits per heavy atom. The van der Waals surface area contributed by atoms with Crippen LogP contribution >= 0.6 is 35.7 Å². The van der Waals surface area contributed by atoms with Crippen LogP contribution in [0.3, 0.4) is 0 Å². The van der Waals surface area contributed by atoms with Crippen LogP contribution in [0.5, 0.6) is 0 Å². The predicted molar refractivity (Wildman–Crippen MR) is 97.4 cm³/mol. The van der Waals surface area contributed by atoms with E-state index in [2.05, 4.69) is 24.7 Å². The zero-order valence-electron chi connectivity index (χ0n) is 12.4. The van der Waals surface area contributed by atoms with Gasteiger partial charge in [0, 0.05) is 44.1 Å². The second kappa shape index (κ2) is 7.66. The number of nitrogens with two attached hydrogens (primary N) is 1. The van der Waals surface area contributed by atoms with Crippen molar-refractivity contribution in [3.05, 3.63) is 11.6 Å². The van der Waals surface area contributed by atoms with Crippen molar-refractivity contribution in [2.45, 2.75) is 26.3 Å². The lowest BCUT2D eigenvalue weighted by Crippen LogP contribution is -2.43. The summed E-state index contributed by atoms with van der Waals surface area (Å²) in [5.74, 6) is 5.70. The summed E-state index contributed by atoms with van der Waals surface area (Å²) < 4.78 is 2.22. The van der Waals surface area contributed by atoms with E-state index in [-0.39, 0.29) is 24.0 Å². The van der Waals surface area contributed by atoms with Crippen LogP contribution in [0.1, 0.15) is 18.1 Å². The molecule has 118 valence electrons. The minimum atomic E-state index is 0. The highest BCUT2D eigenvalue weighted by atomic mass is 127. The van der Waals surface area contributed by atoms with E-state index in [4.69, 9.17) is 5.73 Å². The number of guanidine groups is 1. The van der Waals surface area contributed by atoms with Gasteiger partial charge in [0.05, 0.1) is 0 Å². The van der Waals surface area contributed by atoms with Gasteiger partial charge in [-0.05, 0) is 19.3 Å². The zero-order chi connectivity index (χ0) is 13.9. The first-order valence-corrected chi connectivity index (χ1v) is 8.41. The third-order valence-corrected chi connectivity index (χ3v) is 5.02. The molecule has 1 aromatic heterocycles. The van der Waals surface area contributed by atoms with Crippen LogP contribution in [0.15, 0.2) is 4.99 Å². The fourth-order valence-electron chi connectivity index (χ4n) is 2.79. The summed E-state index contributed by atoms with van der Waals surface area (Å²) in [5, 5.41) is 8.34. The van der Waals surface area contributed by atoms with Gasteiger partial charge >= 0.3 is 0 Å². The normalized spacial score (nSPS) is 22.6. The molecule has 0 spiro atoms. The molecule has 2 aliphatic rings. The molecule has 3 rings (SSSR count). The van der Waals surface area contributed by atoms with Gasteiger partial charge in [-0.25, -0.2) is 0 Å². The number of halogens is 1. The molecule has 1 atom stereocenters. The van der Waals surface area contributed by atoms with Crippen molar-refractivity contribution >= 4 is 41.7 Å². The quantitative estimate of drug-likeness (QED) is 0.440. The Kier molecular flexibility index (Phi) is 6.15. The molecule has 1 saturated heterocycles.